The van der Waals surface area contributed by atoms with Crippen LogP contribution in [-0.2, 0) is 6.42 Å². The van der Waals surface area contributed by atoms with Gasteiger partial charge in [0.2, 0.25) is 5.82 Å². The van der Waals surface area contributed by atoms with Crippen LogP contribution in [0.2, 0.25) is 0 Å². The highest BCUT2D eigenvalue weighted by molar-refractivity contribution is 7.14. The van der Waals surface area contributed by atoms with Crippen LogP contribution in [0.1, 0.15) is 18.1 Å². The van der Waals surface area contributed by atoms with Crippen LogP contribution in [0.15, 0.2) is 40.6 Å². The number of hydrogen-bond donors (Lipinski definition) is 2. The molecule has 122 valence electrons. The fraction of sp³-hybridized carbons (Fsp3) is 0.111. The summed E-state index contributed by atoms with van der Waals surface area (Å²) >= 11 is 1.40. The number of hydrogen-bond acceptors (Lipinski definition) is 5. The third-order valence-corrected chi connectivity index (χ3v) is 5.03. The van der Waals surface area contributed by atoms with E-state index < -0.39 is 0 Å². The third kappa shape index (κ3) is 2.27. The number of rotatable bonds is 2. The van der Waals surface area contributed by atoms with E-state index in [1.54, 1.807) is 4.40 Å². The zero-order chi connectivity index (χ0) is 17.6. The number of aromatic amines is 1. The maximum atomic E-state index is 12.7. The number of pyridine rings is 1. The minimum Gasteiger partial charge on any atom is -0.369 e. The fourth-order valence-corrected chi connectivity index (χ4v) is 3.71. The number of benzene rings is 1. The molecule has 0 fully saturated rings. The summed E-state index contributed by atoms with van der Waals surface area (Å²) in [5.74, 6) is 0.121. The monoisotopic (exact) mass is 348 g/mol. The molecule has 0 unspecified atom stereocenters. The van der Waals surface area contributed by atoms with Gasteiger partial charge >= 0.3 is 5.56 Å². The van der Waals surface area contributed by atoms with Gasteiger partial charge in [-0.15, -0.1) is 0 Å². The number of nitrogen functional groups attached to an aromatic ring is 1. The van der Waals surface area contributed by atoms with E-state index in [-0.39, 0.29) is 16.9 Å². The zero-order valence-corrected chi connectivity index (χ0v) is 14.2. The van der Waals surface area contributed by atoms with Crippen LogP contribution in [0.4, 0.5) is 5.82 Å². The molecule has 4 rings (SSSR count). The number of nitrogens with one attached hydrogen (secondary N) is 1. The van der Waals surface area contributed by atoms with Crippen molar-refractivity contribution in [3.63, 3.8) is 0 Å². The van der Waals surface area contributed by atoms with Crippen LogP contribution in [0.5, 0.6) is 0 Å². The molecule has 7 heteroatoms. The van der Waals surface area contributed by atoms with Crippen molar-refractivity contribution >= 4 is 33.1 Å². The molecule has 0 saturated heterocycles. The molecule has 0 aliphatic rings. The van der Waals surface area contributed by atoms with Crippen LogP contribution in [0, 0.1) is 11.3 Å². The van der Waals surface area contributed by atoms with Gasteiger partial charge in [0.25, 0.3) is 10.6 Å². The summed E-state index contributed by atoms with van der Waals surface area (Å²) < 4.78 is 1.78. The van der Waals surface area contributed by atoms with Crippen LogP contribution in [-0.4, -0.2) is 9.97 Å². The highest BCUT2D eigenvalue weighted by Crippen LogP contribution is 2.31. The van der Waals surface area contributed by atoms with Gasteiger partial charge in [-0.2, -0.15) is 9.66 Å². The van der Waals surface area contributed by atoms with E-state index >= 15 is 0 Å². The topological polar surface area (TPSA) is 99.7 Å². The molecule has 0 bridgehead atoms. The summed E-state index contributed by atoms with van der Waals surface area (Å²) in [6.45, 7) is 2.07. The first-order chi connectivity index (χ1) is 12.1. The first kappa shape index (κ1) is 15.3. The Hall–Kier alpha value is -3.24. The second-order valence-electron chi connectivity index (χ2n) is 5.64. The molecule has 4 aromatic rings. The molecule has 0 aliphatic heterocycles. The molecule has 0 amide bonds. The first-order valence-corrected chi connectivity index (χ1v) is 8.65. The average molecular weight is 348 g/mol. The zero-order valence-electron chi connectivity index (χ0n) is 13.4. The summed E-state index contributed by atoms with van der Waals surface area (Å²) in [5.41, 5.74) is 8.91. The molecule has 0 aliphatic carbocycles. The van der Waals surface area contributed by atoms with Crippen molar-refractivity contribution in [1.29, 1.82) is 5.26 Å². The highest BCUT2D eigenvalue weighted by atomic mass is 32.1. The smallest absolute Gasteiger partial charge is 0.319 e. The summed E-state index contributed by atoms with van der Waals surface area (Å²) in [7, 11) is 0. The Bertz CT molecular complexity index is 1210. The molecule has 25 heavy (non-hydrogen) atoms. The summed E-state index contributed by atoms with van der Waals surface area (Å²) in [6.07, 6.45) is 2.73. The lowest BCUT2D eigenvalue weighted by Crippen LogP contribution is -2.28. The van der Waals surface area contributed by atoms with Gasteiger partial charge < -0.3 is 5.73 Å². The van der Waals surface area contributed by atoms with Gasteiger partial charge in [-0.25, -0.2) is 4.98 Å². The number of aryl methyl sites for hydroxylation is 1. The van der Waals surface area contributed by atoms with Crippen molar-refractivity contribution in [2.24, 2.45) is 0 Å². The summed E-state index contributed by atoms with van der Waals surface area (Å²) in [5, 5.41) is 11.8. The molecule has 3 aromatic heterocycles. The molecule has 1 aromatic carbocycles. The number of nitrogens with zero attached hydrogens (tertiary/aromatic N) is 3. The van der Waals surface area contributed by atoms with Gasteiger partial charge in [-0.1, -0.05) is 47.5 Å². The lowest BCUT2D eigenvalue weighted by atomic mass is 9.96. The standard InChI is InChI=1S/C18H13N5OS/c1-2-10-3-5-11(6-4-10)13-12(9-19)15(20)21-16-14(13)17(24)22-18-23(16)7-8-25-18/h3-8H,2H2,1H3,(H2,20,21,24)/p+1. The van der Waals surface area contributed by atoms with Crippen LogP contribution in [0.3, 0.4) is 0 Å². The van der Waals surface area contributed by atoms with Gasteiger partial charge in [-0.3, -0.25) is 4.79 Å². The fourth-order valence-electron chi connectivity index (χ4n) is 2.99. The Balaban J connectivity index is 2.20. The Kier molecular flexibility index (Phi) is 3.48. The van der Waals surface area contributed by atoms with Crippen molar-refractivity contribution in [2.75, 3.05) is 5.73 Å². The SMILES string of the molecule is CCc1ccc(-c2c(C#N)c(N)nc3c2c(=O)[nH]c2scc[n+]23)cc1. The minimum atomic E-state index is -0.281. The summed E-state index contributed by atoms with van der Waals surface area (Å²) in [6, 6.07) is 9.91. The number of thiazole rings is 1. The van der Waals surface area contributed by atoms with Gasteiger partial charge in [0.15, 0.2) is 0 Å². The first-order valence-electron chi connectivity index (χ1n) is 7.77. The highest BCUT2D eigenvalue weighted by Gasteiger charge is 2.24. The molecule has 0 saturated carbocycles. The number of aromatic nitrogens is 3. The molecular weight excluding hydrogens is 334 g/mol. The molecule has 6 nitrogen and oxygen atoms in total. The normalized spacial score (nSPS) is 11.0. The van der Waals surface area contributed by atoms with E-state index in [9.17, 15) is 10.1 Å². The third-order valence-electron chi connectivity index (χ3n) is 4.25. The van der Waals surface area contributed by atoms with E-state index in [2.05, 4.69) is 23.0 Å². The molecule has 0 radical (unpaired) electrons. The van der Waals surface area contributed by atoms with E-state index in [1.165, 1.54) is 16.9 Å². The number of H-pyrrole nitrogens is 1. The lowest BCUT2D eigenvalue weighted by molar-refractivity contribution is -0.482. The maximum absolute atomic E-state index is 12.7. The number of anilines is 1. The Labute approximate surface area is 146 Å². The van der Waals surface area contributed by atoms with E-state index in [1.807, 2.05) is 35.8 Å². The molecular formula is C18H14N5OS+. The van der Waals surface area contributed by atoms with Crippen molar-refractivity contribution in [1.82, 2.24) is 9.97 Å². The van der Waals surface area contributed by atoms with Crippen LogP contribution < -0.4 is 15.7 Å². The number of fused-ring (bicyclic) bond motifs is 3. The number of nitrogens with two attached hydrogens (primary N) is 1. The number of nitriles is 1. The van der Waals surface area contributed by atoms with Crippen molar-refractivity contribution < 1.29 is 4.40 Å². The lowest BCUT2D eigenvalue weighted by Gasteiger charge is -2.08. The molecule has 3 heterocycles. The quantitative estimate of drug-likeness (QED) is 0.543. The second kappa shape index (κ2) is 5.69. The van der Waals surface area contributed by atoms with Crippen molar-refractivity contribution in [3.05, 3.63) is 57.3 Å². The van der Waals surface area contributed by atoms with Gasteiger partial charge in [0.05, 0.1) is 6.20 Å². The largest absolute Gasteiger partial charge is 0.369 e. The summed E-state index contributed by atoms with van der Waals surface area (Å²) in [4.78, 5) is 20.6. The van der Waals surface area contributed by atoms with E-state index in [0.29, 0.717) is 21.6 Å². The second-order valence-corrected chi connectivity index (χ2v) is 6.53. The molecule has 3 N–H and O–H groups in total. The Morgan fingerprint density at radius 1 is 1.36 bits per heavy atom. The van der Waals surface area contributed by atoms with E-state index in [0.717, 1.165) is 12.0 Å². The maximum Gasteiger partial charge on any atom is 0.319 e. The van der Waals surface area contributed by atoms with E-state index in [4.69, 9.17) is 5.73 Å². The van der Waals surface area contributed by atoms with Gasteiger partial charge in [0.1, 0.15) is 17.0 Å². The minimum absolute atomic E-state index is 0.121. The Morgan fingerprint density at radius 2 is 2.12 bits per heavy atom. The predicted molar refractivity (Wildman–Crippen MR) is 97.3 cm³/mol. The Morgan fingerprint density at radius 3 is 2.80 bits per heavy atom. The molecule has 0 atom stereocenters. The predicted octanol–water partition coefficient (Wildman–Crippen LogP) is 2.41. The van der Waals surface area contributed by atoms with Crippen molar-refractivity contribution in [2.45, 2.75) is 13.3 Å². The van der Waals surface area contributed by atoms with Gasteiger partial charge in [0, 0.05) is 10.9 Å². The van der Waals surface area contributed by atoms with Crippen LogP contribution in [0.25, 0.3) is 27.1 Å². The molecule has 0 spiro atoms. The van der Waals surface area contributed by atoms with Gasteiger partial charge in [-0.05, 0) is 17.5 Å². The van der Waals surface area contributed by atoms with Crippen LogP contribution >= 0.6 is 11.3 Å². The average Bonchev–Trinajstić information content (AvgIpc) is 3.09. The van der Waals surface area contributed by atoms with Crippen molar-refractivity contribution in [3.8, 4) is 17.2 Å².